The third-order valence-electron chi connectivity index (χ3n) is 1.40. The van der Waals surface area contributed by atoms with Gasteiger partial charge in [-0.25, -0.2) is 0 Å². The molecule has 13 heavy (non-hydrogen) atoms. The molecular weight excluding hydrogens is 188 g/mol. The quantitative estimate of drug-likeness (QED) is 0.504. The standard InChI is InChI=1S/C10H7ClO2/c1-13-9-5-3-2-4-8(9)6-7-10(11)12/h2-5H,1H3. The van der Waals surface area contributed by atoms with Gasteiger partial charge in [-0.2, -0.15) is 0 Å². The molecule has 0 atom stereocenters. The summed E-state index contributed by atoms with van der Waals surface area (Å²) >= 11 is 5.07. The van der Waals surface area contributed by atoms with Crippen molar-refractivity contribution in [2.75, 3.05) is 7.11 Å². The van der Waals surface area contributed by atoms with Crippen molar-refractivity contribution in [2.24, 2.45) is 0 Å². The molecule has 0 aliphatic heterocycles. The van der Waals surface area contributed by atoms with Crippen LogP contribution < -0.4 is 4.74 Å². The predicted octanol–water partition coefficient (Wildman–Crippen LogP) is 1.81. The van der Waals surface area contributed by atoms with Crippen molar-refractivity contribution in [3.8, 4) is 17.6 Å². The molecule has 1 aromatic carbocycles. The number of carbonyl (C=O) groups excluding carboxylic acids is 1. The highest BCUT2D eigenvalue weighted by atomic mass is 35.5. The Morgan fingerprint density at radius 3 is 2.77 bits per heavy atom. The molecule has 0 amide bonds. The van der Waals surface area contributed by atoms with E-state index in [4.69, 9.17) is 16.3 Å². The molecule has 0 bridgehead atoms. The minimum Gasteiger partial charge on any atom is -0.495 e. The molecule has 0 aliphatic carbocycles. The van der Waals surface area contributed by atoms with E-state index in [1.807, 2.05) is 12.1 Å². The van der Waals surface area contributed by atoms with Gasteiger partial charge in [0.15, 0.2) is 0 Å². The van der Waals surface area contributed by atoms with Gasteiger partial charge in [0, 0.05) is 0 Å². The minimum atomic E-state index is -0.675. The topological polar surface area (TPSA) is 26.3 Å². The molecule has 0 radical (unpaired) electrons. The number of para-hydroxylation sites is 1. The van der Waals surface area contributed by atoms with Crippen molar-refractivity contribution in [2.45, 2.75) is 0 Å². The summed E-state index contributed by atoms with van der Waals surface area (Å²) in [4.78, 5) is 10.4. The summed E-state index contributed by atoms with van der Waals surface area (Å²) in [5, 5.41) is -0.675. The highest BCUT2D eigenvalue weighted by Gasteiger charge is 1.96. The van der Waals surface area contributed by atoms with E-state index < -0.39 is 5.24 Å². The monoisotopic (exact) mass is 194 g/mol. The maximum atomic E-state index is 10.4. The van der Waals surface area contributed by atoms with Crippen LogP contribution in [0.1, 0.15) is 5.56 Å². The second-order valence-electron chi connectivity index (χ2n) is 2.22. The molecule has 2 nitrogen and oxygen atoms in total. The summed E-state index contributed by atoms with van der Waals surface area (Å²) in [5.41, 5.74) is 0.652. The molecule has 1 aromatic rings. The Balaban J connectivity index is 3.02. The predicted molar refractivity (Wildman–Crippen MR) is 50.7 cm³/mol. The summed E-state index contributed by atoms with van der Waals surface area (Å²) in [6.45, 7) is 0. The molecule has 0 saturated carbocycles. The largest absolute Gasteiger partial charge is 0.495 e. The van der Waals surface area contributed by atoms with Crippen molar-refractivity contribution < 1.29 is 9.53 Å². The molecule has 3 heteroatoms. The Morgan fingerprint density at radius 2 is 2.15 bits per heavy atom. The van der Waals surface area contributed by atoms with Gasteiger partial charge < -0.3 is 4.74 Å². The van der Waals surface area contributed by atoms with E-state index in [1.165, 1.54) is 0 Å². The van der Waals surface area contributed by atoms with Crippen LogP contribution in [0.4, 0.5) is 0 Å². The highest BCUT2D eigenvalue weighted by Crippen LogP contribution is 2.15. The van der Waals surface area contributed by atoms with Gasteiger partial charge in [-0.3, -0.25) is 4.79 Å². The zero-order chi connectivity index (χ0) is 9.68. The van der Waals surface area contributed by atoms with Crippen molar-refractivity contribution in [1.82, 2.24) is 0 Å². The van der Waals surface area contributed by atoms with Crippen molar-refractivity contribution >= 4 is 16.8 Å². The fourth-order valence-corrected chi connectivity index (χ4v) is 0.912. The molecule has 0 aromatic heterocycles. The third kappa shape index (κ3) is 2.81. The fourth-order valence-electron chi connectivity index (χ4n) is 0.864. The molecule has 0 saturated heterocycles. The van der Waals surface area contributed by atoms with Gasteiger partial charge in [-0.15, -0.1) is 0 Å². The van der Waals surface area contributed by atoms with Crippen LogP contribution in [0, 0.1) is 11.8 Å². The first-order valence-corrected chi connectivity index (χ1v) is 3.96. The smallest absolute Gasteiger partial charge is 0.296 e. The molecule has 0 spiro atoms. The first kappa shape index (κ1) is 9.63. The van der Waals surface area contributed by atoms with E-state index >= 15 is 0 Å². The van der Waals surface area contributed by atoms with E-state index in [0.29, 0.717) is 11.3 Å². The SMILES string of the molecule is COc1ccccc1C#CC(=O)Cl. The minimum absolute atomic E-state index is 0.632. The Hall–Kier alpha value is -1.46. The van der Waals surface area contributed by atoms with Gasteiger partial charge in [0.2, 0.25) is 0 Å². The zero-order valence-corrected chi connectivity index (χ0v) is 7.76. The average molecular weight is 195 g/mol. The summed E-state index contributed by atoms with van der Waals surface area (Å²) in [7, 11) is 1.54. The molecule has 0 aliphatic rings. The Bertz CT molecular complexity index is 374. The van der Waals surface area contributed by atoms with Crippen LogP contribution in [0.2, 0.25) is 0 Å². The van der Waals surface area contributed by atoms with E-state index in [0.717, 1.165) is 0 Å². The second kappa shape index (κ2) is 4.54. The van der Waals surface area contributed by atoms with E-state index in [9.17, 15) is 4.79 Å². The van der Waals surface area contributed by atoms with Crippen LogP contribution in [0.3, 0.4) is 0 Å². The Morgan fingerprint density at radius 1 is 1.46 bits per heavy atom. The van der Waals surface area contributed by atoms with Gasteiger partial charge in [0.1, 0.15) is 5.75 Å². The molecule has 0 heterocycles. The molecule has 0 unspecified atom stereocenters. The number of halogens is 1. The first-order chi connectivity index (χ1) is 6.24. The average Bonchev–Trinajstić information content (AvgIpc) is 2.15. The lowest BCUT2D eigenvalue weighted by Crippen LogP contribution is -1.87. The number of benzene rings is 1. The van der Waals surface area contributed by atoms with E-state index in [-0.39, 0.29) is 0 Å². The summed E-state index contributed by atoms with van der Waals surface area (Å²) < 4.78 is 5.02. The third-order valence-corrected chi connectivity index (χ3v) is 1.50. The molecule has 1 rings (SSSR count). The number of methoxy groups -OCH3 is 1. The van der Waals surface area contributed by atoms with Crippen molar-refractivity contribution in [3.63, 3.8) is 0 Å². The normalized spacial score (nSPS) is 8.46. The van der Waals surface area contributed by atoms with Crippen LogP contribution in [0.15, 0.2) is 24.3 Å². The van der Waals surface area contributed by atoms with Gasteiger partial charge in [-0.05, 0) is 29.7 Å². The number of carbonyl (C=O) groups is 1. The summed E-state index contributed by atoms with van der Waals surface area (Å²) in [5.74, 6) is 5.47. The van der Waals surface area contributed by atoms with E-state index in [2.05, 4.69) is 11.8 Å². The van der Waals surface area contributed by atoms with Gasteiger partial charge >= 0.3 is 0 Å². The number of hydrogen-bond donors (Lipinski definition) is 0. The lowest BCUT2D eigenvalue weighted by molar-refractivity contribution is -0.107. The number of ether oxygens (including phenoxy) is 1. The molecule has 0 fully saturated rings. The lowest BCUT2D eigenvalue weighted by Gasteiger charge is -2.00. The molecular formula is C10H7ClO2. The van der Waals surface area contributed by atoms with Crippen molar-refractivity contribution in [3.05, 3.63) is 29.8 Å². The second-order valence-corrected chi connectivity index (χ2v) is 2.57. The number of rotatable bonds is 1. The fraction of sp³-hybridized carbons (Fsp3) is 0.100. The van der Waals surface area contributed by atoms with Crippen LogP contribution in [-0.4, -0.2) is 12.4 Å². The van der Waals surface area contributed by atoms with Gasteiger partial charge in [0.25, 0.3) is 5.24 Å². The van der Waals surface area contributed by atoms with Gasteiger partial charge in [-0.1, -0.05) is 18.1 Å². The Labute approximate surface area is 81.5 Å². The number of hydrogen-bond acceptors (Lipinski definition) is 2. The summed E-state index contributed by atoms with van der Waals surface area (Å²) in [6.07, 6.45) is 0. The van der Waals surface area contributed by atoms with Crippen LogP contribution in [0.5, 0.6) is 5.75 Å². The maximum absolute atomic E-state index is 10.4. The molecule has 66 valence electrons. The first-order valence-electron chi connectivity index (χ1n) is 3.58. The van der Waals surface area contributed by atoms with Crippen LogP contribution in [0.25, 0.3) is 0 Å². The Kier molecular flexibility index (Phi) is 3.36. The summed E-state index contributed by atoms with van der Waals surface area (Å²) in [6, 6.07) is 7.16. The highest BCUT2D eigenvalue weighted by molar-refractivity contribution is 6.68. The molecule has 0 N–H and O–H groups in total. The van der Waals surface area contributed by atoms with Crippen LogP contribution >= 0.6 is 11.6 Å². The zero-order valence-electron chi connectivity index (χ0n) is 7.00. The van der Waals surface area contributed by atoms with Crippen molar-refractivity contribution in [1.29, 1.82) is 0 Å². The van der Waals surface area contributed by atoms with E-state index in [1.54, 1.807) is 19.2 Å². The van der Waals surface area contributed by atoms with Gasteiger partial charge in [0.05, 0.1) is 12.7 Å². The lowest BCUT2D eigenvalue weighted by atomic mass is 10.2. The van der Waals surface area contributed by atoms with Crippen LogP contribution in [-0.2, 0) is 4.79 Å². The maximum Gasteiger partial charge on any atom is 0.296 e.